The van der Waals surface area contributed by atoms with Gasteiger partial charge in [-0.2, -0.15) is 0 Å². The van der Waals surface area contributed by atoms with E-state index in [2.05, 4.69) is 11.8 Å². The van der Waals surface area contributed by atoms with Crippen LogP contribution in [0.5, 0.6) is 5.75 Å². The second kappa shape index (κ2) is 4.46. The first-order valence-corrected chi connectivity index (χ1v) is 4.00. The Morgan fingerprint density at radius 3 is 2.50 bits per heavy atom. The molecule has 0 bridgehead atoms. The quantitative estimate of drug-likeness (QED) is 0.658. The Hall–Kier alpha value is -1.42. The van der Waals surface area contributed by atoms with Gasteiger partial charge in [0.15, 0.2) is 0 Å². The van der Waals surface area contributed by atoms with Gasteiger partial charge in [-0.05, 0) is 31.0 Å². The third-order valence-corrected chi connectivity index (χ3v) is 1.65. The third-order valence-electron chi connectivity index (χ3n) is 1.65. The lowest BCUT2D eigenvalue weighted by molar-refractivity contribution is 0.475. The van der Waals surface area contributed by atoms with Crippen LogP contribution in [0.25, 0.3) is 0 Å². The molecule has 1 aromatic carbocycles. The molecule has 0 saturated heterocycles. The Labute approximate surface area is 73.0 Å². The van der Waals surface area contributed by atoms with Gasteiger partial charge in [0.05, 0.1) is 0 Å². The summed E-state index contributed by atoms with van der Waals surface area (Å²) in [6.45, 7) is 1.84. The third kappa shape index (κ3) is 2.67. The van der Waals surface area contributed by atoms with E-state index in [1.54, 1.807) is 12.1 Å². The maximum atomic E-state index is 9.00. The number of aromatic hydroxyl groups is 1. The van der Waals surface area contributed by atoms with Gasteiger partial charge >= 0.3 is 0 Å². The van der Waals surface area contributed by atoms with E-state index in [4.69, 9.17) is 5.11 Å². The SMILES string of the molecule is CC#CCCc1ccc(O)cc1. The van der Waals surface area contributed by atoms with E-state index in [1.165, 1.54) is 5.56 Å². The van der Waals surface area contributed by atoms with Crippen molar-refractivity contribution in [3.63, 3.8) is 0 Å². The second-order valence-corrected chi connectivity index (χ2v) is 2.59. The first-order chi connectivity index (χ1) is 5.83. The average molecular weight is 160 g/mol. The van der Waals surface area contributed by atoms with Gasteiger partial charge < -0.3 is 5.11 Å². The van der Waals surface area contributed by atoms with Crippen molar-refractivity contribution >= 4 is 0 Å². The Kier molecular flexibility index (Phi) is 3.22. The predicted molar refractivity (Wildman–Crippen MR) is 49.9 cm³/mol. The average Bonchev–Trinajstić information content (AvgIpc) is 2.09. The standard InChI is InChI=1S/C11H12O/c1-2-3-4-5-10-6-8-11(12)9-7-10/h6-9,12H,4-5H2,1H3. The van der Waals surface area contributed by atoms with E-state index < -0.39 is 0 Å². The lowest BCUT2D eigenvalue weighted by Gasteiger charge is -1.96. The molecule has 0 spiro atoms. The van der Waals surface area contributed by atoms with Gasteiger partial charge in [-0.1, -0.05) is 12.1 Å². The van der Waals surface area contributed by atoms with Gasteiger partial charge in [-0.25, -0.2) is 0 Å². The molecule has 0 aliphatic rings. The highest BCUT2D eigenvalue weighted by Crippen LogP contribution is 2.10. The monoisotopic (exact) mass is 160 g/mol. The van der Waals surface area contributed by atoms with Crippen LogP contribution in [-0.4, -0.2) is 5.11 Å². The number of hydrogen-bond acceptors (Lipinski definition) is 1. The van der Waals surface area contributed by atoms with Gasteiger partial charge in [0.2, 0.25) is 0 Å². The Bertz CT molecular complexity index is 287. The van der Waals surface area contributed by atoms with Crippen LogP contribution in [-0.2, 0) is 6.42 Å². The van der Waals surface area contributed by atoms with Gasteiger partial charge in [-0.15, -0.1) is 11.8 Å². The van der Waals surface area contributed by atoms with E-state index in [9.17, 15) is 0 Å². The fraction of sp³-hybridized carbons (Fsp3) is 0.273. The molecular formula is C11H12O. The lowest BCUT2D eigenvalue weighted by atomic mass is 10.1. The van der Waals surface area contributed by atoms with E-state index in [0.717, 1.165) is 12.8 Å². The van der Waals surface area contributed by atoms with Crippen molar-refractivity contribution in [2.24, 2.45) is 0 Å². The highest BCUT2D eigenvalue weighted by Gasteiger charge is 1.90. The van der Waals surface area contributed by atoms with Crippen molar-refractivity contribution in [3.05, 3.63) is 29.8 Å². The Morgan fingerprint density at radius 2 is 1.92 bits per heavy atom. The van der Waals surface area contributed by atoms with Crippen LogP contribution in [0.1, 0.15) is 18.9 Å². The summed E-state index contributed by atoms with van der Waals surface area (Å²) in [7, 11) is 0. The number of benzene rings is 1. The summed E-state index contributed by atoms with van der Waals surface area (Å²) in [5.74, 6) is 6.17. The summed E-state index contributed by atoms with van der Waals surface area (Å²) in [4.78, 5) is 0. The summed E-state index contributed by atoms with van der Waals surface area (Å²) in [6.07, 6.45) is 1.85. The number of aryl methyl sites for hydroxylation is 1. The number of phenolic OH excluding ortho intramolecular Hbond substituents is 1. The molecule has 0 aliphatic carbocycles. The fourth-order valence-corrected chi connectivity index (χ4v) is 0.994. The second-order valence-electron chi connectivity index (χ2n) is 2.59. The van der Waals surface area contributed by atoms with E-state index in [-0.39, 0.29) is 0 Å². The van der Waals surface area contributed by atoms with Crippen LogP contribution in [0.4, 0.5) is 0 Å². The molecule has 0 fully saturated rings. The van der Waals surface area contributed by atoms with Crippen LogP contribution < -0.4 is 0 Å². The minimum Gasteiger partial charge on any atom is -0.508 e. The molecule has 0 heterocycles. The van der Waals surface area contributed by atoms with Crippen LogP contribution in [0.3, 0.4) is 0 Å². The van der Waals surface area contributed by atoms with E-state index in [0.29, 0.717) is 5.75 Å². The van der Waals surface area contributed by atoms with Crippen molar-refractivity contribution in [2.75, 3.05) is 0 Å². The molecule has 0 atom stereocenters. The molecular weight excluding hydrogens is 148 g/mol. The zero-order valence-electron chi connectivity index (χ0n) is 7.17. The minimum absolute atomic E-state index is 0.320. The molecule has 0 radical (unpaired) electrons. The molecule has 0 saturated carbocycles. The number of rotatable bonds is 2. The molecule has 62 valence electrons. The van der Waals surface area contributed by atoms with Gasteiger partial charge in [-0.3, -0.25) is 0 Å². The Morgan fingerprint density at radius 1 is 1.25 bits per heavy atom. The molecule has 1 heteroatoms. The first kappa shape index (κ1) is 8.67. The van der Waals surface area contributed by atoms with Gasteiger partial charge in [0, 0.05) is 6.42 Å². The van der Waals surface area contributed by atoms with E-state index >= 15 is 0 Å². The topological polar surface area (TPSA) is 20.2 Å². The summed E-state index contributed by atoms with van der Waals surface area (Å²) >= 11 is 0. The highest BCUT2D eigenvalue weighted by atomic mass is 16.3. The van der Waals surface area contributed by atoms with Gasteiger partial charge in [0.25, 0.3) is 0 Å². The van der Waals surface area contributed by atoms with Crippen molar-refractivity contribution in [2.45, 2.75) is 19.8 Å². The van der Waals surface area contributed by atoms with Crippen molar-refractivity contribution < 1.29 is 5.11 Å². The maximum absolute atomic E-state index is 9.00. The molecule has 1 rings (SSSR count). The van der Waals surface area contributed by atoms with Crippen LogP contribution in [0, 0.1) is 11.8 Å². The zero-order chi connectivity index (χ0) is 8.81. The summed E-state index contributed by atoms with van der Waals surface area (Å²) in [6, 6.07) is 7.25. The largest absolute Gasteiger partial charge is 0.508 e. The minimum atomic E-state index is 0.320. The normalized spacial score (nSPS) is 8.75. The van der Waals surface area contributed by atoms with E-state index in [1.807, 2.05) is 19.1 Å². The first-order valence-electron chi connectivity index (χ1n) is 4.00. The van der Waals surface area contributed by atoms with Crippen molar-refractivity contribution in [3.8, 4) is 17.6 Å². The molecule has 0 aliphatic heterocycles. The van der Waals surface area contributed by atoms with Crippen molar-refractivity contribution in [1.29, 1.82) is 0 Å². The zero-order valence-corrected chi connectivity index (χ0v) is 7.17. The number of phenols is 1. The Balaban J connectivity index is 2.51. The lowest BCUT2D eigenvalue weighted by Crippen LogP contribution is -1.81. The van der Waals surface area contributed by atoms with Crippen LogP contribution >= 0.6 is 0 Å². The summed E-state index contributed by atoms with van der Waals surface area (Å²) < 4.78 is 0. The molecule has 1 nitrogen and oxygen atoms in total. The molecule has 1 aromatic rings. The number of hydrogen-bond donors (Lipinski definition) is 1. The molecule has 1 N–H and O–H groups in total. The predicted octanol–water partition coefficient (Wildman–Crippen LogP) is 2.35. The van der Waals surface area contributed by atoms with Crippen molar-refractivity contribution in [1.82, 2.24) is 0 Å². The fourth-order valence-electron chi connectivity index (χ4n) is 0.994. The molecule has 12 heavy (non-hydrogen) atoms. The summed E-state index contributed by atoms with van der Waals surface area (Å²) in [5, 5.41) is 9.00. The smallest absolute Gasteiger partial charge is 0.115 e. The summed E-state index contributed by atoms with van der Waals surface area (Å²) in [5.41, 5.74) is 1.22. The van der Waals surface area contributed by atoms with Gasteiger partial charge in [0.1, 0.15) is 5.75 Å². The van der Waals surface area contributed by atoms with Crippen LogP contribution in [0.2, 0.25) is 0 Å². The van der Waals surface area contributed by atoms with Crippen LogP contribution in [0.15, 0.2) is 24.3 Å². The highest BCUT2D eigenvalue weighted by molar-refractivity contribution is 5.26. The molecule has 0 unspecified atom stereocenters. The maximum Gasteiger partial charge on any atom is 0.115 e. The molecule has 0 aromatic heterocycles. The molecule has 0 amide bonds.